The van der Waals surface area contributed by atoms with Gasteiger partial charge in [0.2, 0.25) is 9.84 Å². The average Bonchev–Trinajstić information content (AvgIpc) is 3.25. The molecule has 0 aromatic heterocycles. The van der Waals surface area contributed by atoms with Crippen molar-refractivity contribution in [2.45, 2.75) is 47.8 Å². The van der Waals surface area contributed by atoms with E-state index in [2.05, 4.69) is 4.90 Å². The third kappa shape index (κ3) is 4.86. The minimum absolute atomic E-state index is 0.0597. The van der Waals surface area contributed by atoms with Gasteiger partial charge in [0.05, 0.1) is 16.4 Å². The van der Waals surface area contributed by atoms with Gasteiger partial charge in [0.25, 0.3) is 0 Å². The number of sulfone groups is 1. The van der Waals surface area contributed by atoms with E-state index in [1.54, 1.807) is 19.0 Å². The van der Waals surface area contributed by atoms with Gasteiger partial charge in [-0.3, -0.25) is 0 Å². The first-order chi connectivity index (χ1) is 15.3. The molecule has 1 fully saturated rings. The fraction of sp³-hybridized carbons (Fsp3) is 0.478. The van der Waals surface area contributed by atoms with Crippen LogP contribution in [-0.2, 0) is 9.84 Å². The minimum Gasteiger partial charge on any atom is -0.493 e. The van der Waals surface area contributed by atoms with E-state index in [1.165, 1.54) is 18.2 Å². The lowest BCUT2D eigenvalue weighted by atomic mass is 9.84. The molecule has 2 heterocycles. The predicted molar refractivity (Wildman–Crippen MR) is 122 cm³/mol. The van der Waals surface area contributed by atoms with Crippen LogP contribution in [0.3, 0.4) is 0 Å². The van der Waals surface area contributed by atoms with Crippen LogP contribution < -0.4 is 4.74 Å². The number of fused-ring (bicyclic) bond motifs is 1. The van der Waals surface area contributed by atoms with Crippen molar-refractivity contribution in [1.82, 2.24) is 9.71 Å². The highest BCUT2D eigenvalue weighted by Gasteiger charge is 2.30. The van der Waals surface area contributed by atoms with E-state index in [9.17, 15) is 17.8 Å². The van der Waals surface area contributed by atoms with Crippen molar-refractivity contribution in [3.63, 3.8) is 0 Å². The van der Waals surface area contributed by atoms with Crippen molar-refractivity contribution < 1.29 is 22.6 Å². The zero-order chi connectivity index (χ0) is 22.9. The molecule has 2 unspecified atom stereocenters. The summed E-state index contributed by atoms with van der Waals surface area (Å²) in [6, 6.07) is 10.5. The molecule has 172 valence electrons. The third-order valence-corrected chi connectivity index (χ3v) is 8.52. The van der Waals surface area contributed by atoms with Crippen LogP contribution in [0.1, 0.15) is 30.7 Å². The number of rotatable bonds is 7. The Morgan fingerprint density at radius 2 is 2.00 bits per heavy atom. The average molecular weight is 460 g/mol. The van der Waals surface area contributed by atoms with Crippen LogP contribution >= 0.6 is 0 Å². The van der Waals surface area contributed by atoms with Crippen molar-refractivity contribution in [2.75, 3.05) is 33.3 Å². The molecule has 9 heteroatoms. The van der Waals surface area contributed by atoms with Gasteiger partial charge in [0, 0.05) is 12.6 Å². The lowest BCUT2D eigenvalue weighted by Crippen LogP contribution is -2.43. The van der Waals surface area contributed by atoms with E-state index in [-0.39, 0.29) is 9.79 Å². The lowest BCUT2D eigenvalue weighted by Gasteiger charge is -2.29. The van der Waals surface area contributed by atoms with Crippen molar-refractivity contribution in [3.05, 3.63) is 53.8 Å². The SMILES string of the molecule is CB(O)N(C)C1CCN(CCC2CCOc3cc(S(=O)(=O)c4cccc(F)c4)ccc32)C1. The summed E-state index contributed by atoms with van der Waals surface area (Å²) in [6.07, 6.45) is 2.92. The van der Waals surface area contributed by atoms with E-state index < -0.39 is 22.7 Å². The van der Waals surface area contributed by atoms with Crippen molar-refractivity contribution in [1.29, 1.82) is 0 Å². The monoisotopic (exact) mass is 460 g/mol. The second-order valence-corrected chi connectivity index (χ2v) is 10.8. The number of likely N-dealkylation sites (N-methyl/N-ethyl adjacent to an activating group) is 1. The van der Waals surface area contributed by atoms with Crippen molar-refractivity contribution in [2.24, 2.45) is 0 Å². The van der Waals surface area contributed by atoms with E-state index in [0.717, 1.165) is 50.5 Å². The van der Waals surface area contributed by atoms with E-state index >= 15 is 0 Å². The number of likely N-dealkylation sites (tertiary alicyclic amines) is 1. The van der Waals surface area contributed by atoms with Crippen molar-refractivity contribution >= 4 is 16.9 Å². The van der Waals surface area contributed by atoms with Gasteiger partial charge in [-0.2, -0.15) is 0 Å². The van der Waals surface area contributed by atoms with Gasteiger partial charge in [-0.15, -0.1) is 0 Å². The first kappa shape index (κ1) is 23.2. The summed E-state index contributed by atoms with van der Waals surface area (Å²) < 4.78 is 45.2. The Morgan fingerprint density at radius 1 is 1.22 bits per heavy atom. The molecule has 0 radical (unpaired) electrons. The highest BCUT2D eigenvalue weighted by Crippen LogP contribution is 2.38. The first-order valence-electron chi connectivity index (χ1n) is 11.2. The standard InChI is InChI=1S/C23H30BFN2O4S/c1-24(28)26(2)19-9-12-27(16-19)11-8-17-10-13-31-23-15-21(6-7-22(17)23)32(29,30)20-5-3-4-18(25)14-20/h3-7,14-15,17,19,28H,8-13,16H2,1-2H3. The molecule has 2 atom stereocenters. The maximum absolute atomic E-state index is 13.6. The van der Waals surface area contributed by atoms with Crippen LogP contribution in [0.4, 0.5) is 4.39 Å². The molecule has 1 saturated heterocycles. The van der Waals surface area contributed by atoms with Gasteiger partial charge in [-0.1, -0.05) is 12.1 Å². The second kappa shape index (κ2) is 9.51. The Morgan fingerprint density at radius 3 is 2.75 bits per heavy atom. The topological polar surface area (TPSA) is 70.1 Å². The zero-order valence-corrected chi connectivity index (χ0v) is 19.4. The maximum atomic E-state index is 13.6. The largest absolute Gasteiger partial charge is 0.493 e. The summed E-state index contributed by atoms with van der Waals surface area (Å²) in [5, 5.41) is 9.81. The molecule has 0 amide bonds. The molecule has 4 rings (SSSR count). The molecule has 0 spiro atoms. The number of ether oxygens (including phenoxy) is 1. The molecule has 0 saturated carbocycles. The first-order valence-corrected chi connectivity index (χ1v) is 12.6. The molecule has 2 aliphatic heterocycles. The van der Waals surface area contributed by atoms with Gasteiger partial charge < -0.3 is 19.5 Å². The number of hydrogen-bond donors (Lipinski definition) is 1. The molecular weight excluding hydrogens is 430 g/mol. The van der Waals surface area contributed by atoms with Crippen LogP contribution in [-0.4, -0.2) is 69.5 Å². The predicted octanol–water partition coefficient (Wildman–Crippen LogP) is 3.03. The molecular formula is C23H30BFN2O4S. The van der Waals surface area contributed by atoms with E-state index in [1.807, 2.05) is 17.9 Å². The molecule has 2 aromatic carbocycles. The van der Waals surface area contributed by atoms with Crippen LogP contribution in [0.2, 0.25) is 6.82 Å². The number of halogens is 1. The maximum Gasteiger partial charge on any atom is 0.376 e. The zero-order valence-electron chi connectivity index (χ0n) is 18.6. The molecule has 1 N–H and O–H groups in total. The van der Waals surface area contributed by atoms with Crippen LogP contribution in [0.25, 0.3) is 0 Å². The molecule has 2 aliphatic rings. The minimum atomic E-state index is -3.81. The highest BCUT2D eigenvalue weighted by atomic mass is 32.2. The summed E-state index contributed by atoms with van der Waals surface area (Å²) >= 11 is 0. The summed E-state index contributed by atoms with van der Waals surface area (Å²) in [5.74, 6) is 0.328. The van der Waals surface area contributed by atoms with Crippen molar-refractivity contribution in [3.8, 4) is 5.75 Å². The molecule has 32 heavy (non-hydrogen) atoms. The van der Waals surface area contributed by atoms with Crippen LogP contribution in [0.15, 0.2) is 52.3 Å². The Balaban J connectivity index is 1.45. The Labute approximate surface area is 190 Å². The van der Waals surface area contributed by atoms with E-state index in [4.69, 9.17) is 4.74 Å². The fourth-order valence-corrected chi connectivity index (χ4v) is 5.98. The summed E-state index contributed by atoms with van der Waals surface area (Å²) in [4.78, 5) is 4.51. The molecule has 2 aromatic rings. The smallest absolute Gasteiger partial charge is 0.376 e. The highest BCUT2D eigenvalue weighted by molar-refractivity contribution is 7.91. The molecule has 6 nitrogen and oxygen atoms in total. The van der Waals surface area contributed by atoms with E-state index in [0.29, 0.717) is 24.3 Å². The third-order valence-electron chi connectivity index (χ3n) is 6.77. The van der Waals surface area contributed by atoms with Gasteiger partial charge in [0.1, 0.15) is 11.6 Å². The summed E-state index contributed by atoms with van der Waals surface area (Å²) in [6.45, 7) is 5.27. The summed E-state index contributed by atoms with van der Waals surface area (Å²) in [7, 11) is -2.30. The van der Waals surface area contributed by atoms with Gasteiger partial charge in [-0.25, -0.2) is 12.8 Å². The van der Waals surface area contributed by atoms with Gasteiger partial charge in [-0.05, 0) is 88.0 Å². The van der Waals surface area contributed by atoms with Crippen LogP contribution in [0.5, 0.6) is 5.75 Å². The fourth-order valence-electron chi connectivity index (χ4n) is 4.67. The number of nitrogens with zero attached hydrogens (tertiary/aromatic N) is 2. The normalized spacial score (nSPS) is 21.4. The Bertz CT molecular complexity index is 1070. The summed E-state index contributed by atoms with van der Waals surface area (Å²) in [5.41, 5.74) is 1.03. The number of hydrogen-bond acceptors (Lipinski definition) is 6. The molecule has 0 bridgehead atoms. The molecule has 0 aliphatic carbocycles. The lowest BCUT2D eigenvalue weighted by molar-refractivity contribution is 0.241. The van der Waals surface area contributed by atoms with Crippen LogP contribution in [0, 0.1) is 5.82 Å². The number of benzene rings is 2. The Hall–Kier alpha value is -1.94. The second-order valence-electron chi connectivity index (χ2n) is 8.82. The van der Waals surface area contributed by atoms with Gasteiger partial charge in [0.15, 0.2) is 0 Å². The Kier molecular flexibility index (Phi) is 6.90. The van der Waals surface area contributed by atoms with Gasteiger partial charge >= 0.3 is 7.05 Å². The quantitative estimate of drug-likeness (QED) is 0.641.